The van der Waals surface area contributed by atoms with Gasteiger partial charge in [0, 0.05) is 17.5 Å². The average molecular weight is 326 g/mol. The van der Waals surface area contributed by atoms with Gasteiger partial charge in [0.05, 0.1) is 17.9 Å². The number of thiophene rings is 1. The summed E-state index contributed by atoms with van der Waals surface area (Å²) in [6, 6.07) is 10.2. The minimum atomic E-state index is -0.401. The molecule has 0 saturated carbocycles. The number of hydrogen-bond donors (Lipinski definition) is 0. The topological polar surface area (TPSA) is 40.6 Å². The summed E-state index contributed by atoms with van der Waals surface area (Å²) in [4.78, 5) is 29.9. The zero-order valence-corrected chi connectivity index (χ0v) is 13.8. The van der Waals surface area contributed by atoms with Crippen molar-refractivity contribution >= 4 is 28.7 Å². The lowest BCUT2D eigenvalue weighted by Crippen LogP contribution is -2.40. The van der Waals surface area contributed by atoms with Gasteiger partial charge < -0.3 is 0 Å². The van der Waals surface area contributed by atoms with Crippen LogP contribution in [0.1, 0.15) is 39.7 Å². The van der Waals surface area contributed by atoms with E-state index in [1.54, 1.807) is 16.2 Å². The van der Waals surface area contributed by atoms with Gasteiger partial charge in [-0.2, -0.15) is 0 Å². The second kappa shape index (κ2) is 5.58. The first-order chi connectivity index (χ1) is 11.1. The number of nitrogens with zero attached hydrogens (tertiary/aromatic N) is 2. The molecule has 2 aliphatic heterocycles. The van der Waals surface area contributed by atoms with Crippen molar-refractivity contribution in [1.82, 2.24) is 4.90 Å². The highest BCUT2D eigenvalue weighted by molar-refractivity contribution is 7.10. The highest BCUT2D eigenvalue weighted by atomic mass is 32.1. The number of aryl methyl sites for hydroxylation is 1. The molecule has 1 amide bonds. The number of anilines is 1. The van der Waals surface area contributed by atoms with Crippen molar-refractivity contribution in [2.75, 3.05) is 18.1 Å². The molecule has 5 heteroatoms. The van der Waals surface area contributed by atoms with Crippen molar-refractivity contribution in [1.29, 1.82) is 0 Å². The molecule has 1 fully saturated rings. The molecule has 2 aromatic rings. The number of ketones is 1. The van der Waals surface area contributed by atoms with E-state index in [2.05, 4.69) is 22.4 Å². The van der Waals surface area contributed by atoms with E-state index >= 15 is 0 Å². The van der Waals surface area contributed by atoms with Crippen molar-refractivity contribution in [2.45, 2.75) is 25.8 Å². The van der Waals surface area contributed by atoms with Crippen LogP contribution in [-0.2, 0) is 4.79 Å². The Morgan fingerprint density at radius 2 is 2.13 bits per heavy atom. The summed E-state index contributed by atoms with van der Waals surface area (Å²) in [6.07, 6.45) is 2.23. The van der Waals surface area contributed by atoms with Crippen LogP contribution in [0.5, 0.6) is 0 Å². The molecule has 4 rings (SSSR count). The van der Waals surface area contributed by atoms with E-state index in [1.807, 2.05) is 25.1 Å². The molecule has 1 saturated heterocycles. The number of fused-ring (bicyclic) bond motifs is 1. The quantitative estimate of drug-likeness (QED) is 0.812. The number of benzene rings is 1. The Morgan fingerprint density at radius 3 is 2.91 bits per heavy atom. The fraction of sp³-hybridized carbons (Fsp3) is 0.333. The van der Waals surface area contributed by atoms with Crippen LogP contribution in [0.3, 0.4) is 0 Å². The Bertz CT molecular complexity index is 769. The van der Waals surface area contributed by atoms with Crippen LogP contribution in [0.25, 0.3) is 0 Å². The van der Waals surface area contributed by atoms with Crippen LogP contribution < -0.4 is 4.90 Å². The molecule has 0 N–H and O–H groups in total. The van der Waals surface area contributed by atoms with Gasteiger partial charge in [-0.3, -0.25) is 19.4 Å². The third-order valence-corrected chi connectivity index (χ3v) is 5.66. The van der Waals surface area contributed by atoms with Gasteiger partial charge in [0.25, 0.3) is 5.78 Å². The fourth-order valence-corrected chi connectivity index (χ4v) is 4.43. The van der Waals surface area contributed by atoms with Gasteiger partial charge in [0.2, 0.25) is 0 Å². The van der Waals surface area contributed by atoms with Crippen LogP contribution in [0.2, 0.25) is 0 Å². The number of rotatable bonds is 3. The summed E-state index contributed by atoms with van der Waals surface area (Å²) < 4.78 is 0. The molecule has 4 nitrogen and oxygen atoms in total. The van der Waals surface area contributed by atoms with E-state index in [1.165, 1.54) is 4.88 Å². The third kappa shape index (κ3) is 2.40. The summed E-state index contributed by atoms with van der Waals surface area (Å²) in [7, 11) is 0. The van der Waals surface area contributed by atoms with E-state index < -0.39 is 5.91 Å². The van der Waals surface area contributed by atoms with Crippen molar-refractivity contribution in [3.63, 3.8) is 0 Å². The van der Waals surface area contributed by atoms with Crippen LogP contribution in [0, 0.1) is 6.92 Å². The summed E-state index contributed by atoms with van der Waals surface area (Å²) in [6.45, 7) is 3.39. The molecule has 3 heterocycles. The number of amides is 1. The minimum absolute atomic E-state index is 0.354. The molecule has 0 radical (unpaired) electrons. The molecular formula is C18H18N2O2S. The molecule has 23 heavy (non-hydrogen) atoms. The second-order valence-corrected chi connectivity index (χ2v) is 7.19. The zero-order valence-electron chi connectivity index (χ0n) is 13.0. The molecule has 1 aromatic heterocycles. The number of likely N-dealkylation sites (tertiary alicyclic amines) is 1. The van der Waals surface area contributed by atoms with Gasteiger partial charge in [-0.1, -0.05) is 17.7 Å². The average Bonchev–Trinajstić information content (AvgIpc) is 3.25. The summed E-state index contributed by atoms with van der Waals surface area (Å²) >= 11 is 1.76. The summed E-state index contributed by atoms with van der Waals surface area (Å²) in [5.74, 6) is -0.780. The predicted molar refractivity (Wildman–Crippen MR) is 90.9 cm³/mol. The third-order valence-electron chi connectivity index (χ3n) is 4.69. The molecule has 0 bridgehead atoms. The maximum absolute atomic E-state index is 12.4. The number of Topliss-reactive ketones (excluding diaryl/α,β-unsaturated/α-hetero) is 1. The van der Waals surface area contributed by atoms with E-state index in [9.17, 15) is 9.59 Å². The largest absolute Gasteiger partial charge is 0.300 e. The number of carbonyl (C=O) groups is 2. The molecule has 0 unspecified atom stereocenters. The first-order valence-corrected chi connectivity index (χ1v) is 8.77. The van der Waals surface area contributed by atoms with Gasteiger partial charge in [0.15, 0.2) is 0 Å². The fourth-order valence-electron chi connectivity index (χ4n) is 3.53. The molecule has 1 aromatic carbocycles. The molecule has 1 atom stereocenters. The Balaban J connectivity index is 1.62. The molecule has 2 aliphatic rings. The maximum Gasteiger partial charge on any atom is 0.300 e. The van der Waals surface area contributed by atoms with Gasteiger partial charge >= 0.3 is 5.91 Å². The normalized spacial score (nSPS) is 21.3. The van der Waals surface area contributed by atoms with E-state index in [0.29, 0.717) is 18.3 Å². The Kier molecular flexibility index (Phi) is 3.54. The van der Waals surface area contributed by atoms with Crippen molar-refractivity contribution in [3.05, 3.63) is 51.7 Å². The Hall–Kier alpha value is -1.98. The van der Waals surface area contributed by atoms with Crippen LogP contribution in [0.4, 0.5) is 5.69 Å². The van der Waals surface area contributed by atoms with E-state index in [0.717, 1.165) is 30.6 Å². The van der Waals surface area contributed by atoms with Gasteiger partial charge in [-0.05, 0) is 43.3 Å². The zero-order chi connectivity index (χ0) is 16.0. The molecule has 118 valence electrons. The van der Waals surface area contributed by atoms with Crippen molar-refractivity contribution in [2.24, 2.45) is 0 Å². The summed E-state index contributed by atoms with van der Waals surface area (Å²) in [5.41, 5.74) is 2.30. The molecular weight excluding hydrogens is 308 g/mol. The predicted octanol–water partition coefficient (Wildman–Crippen LogP) is 3.38. The maximum atomic E-state index is 12.4. The number of hydrogen-bond acceptors (Lipinski definition) is 4. The smallest absolute Gasteiger partial charge is 0.291 e. The van der Waals surface area contributed by atoms with Gasteiger partial charge in [0.1, 0.15) is 0 Å². The van der Waals surface area contributed by atoms with Crippen molar-refractivity contribution in [3.8, 4) is 0 Å². The van der Waals surface area contributed by atoms with Crippen LogP contribution in [0.15, 0.2) is 35.7 Å². The highest BCUT2D eigenvalue weighted by Crippen LogP contribution is 2.37. The number of carbonyl (C=O) groups excluding carboxylic acids is 2. The van der Waals surface area contributed by atoms with E-state index in [-0.39, 0.29) is 5.78 Å². The summed E-state index contributed by atoms with van der Waals surface area (Å²) in [5, 5.41) is 2.09. The molecule has 0 spiro atoms. The Labute approximate surface area is 139 Å². The Morgan fingerprint density at radius 1 is 1.26 bits per heavy atom. The van der Waals surface area contributed by atoms with Crippen molar-refractivity contribution < 1.29 is 9.59 Å². The van der Waals surface area contributed by atoms with Crippen LogP contribution in [-0.4, -0.2) is 29.8 Å². The molecule has 0 aliphatic carbocycles. The van der Waals surface area contributed by atoms with Crippen LogP contribution >= 0.6 is 11.3 Å². The highest BCUT2D eigenvalue weighted by Gasteiger charge is 2.38. The minimum Gasteiger partial charge on any atom is -0.291 e. The lowest BCUT2D eigenvalue weighted by Gasteiger charge is -2.28. The standard InChI is InChI=1S/C18H18N2O2S/c1-12-6-7-14-13(10-12)17(21)18(22)20(14)11-19-8-2-4-15(19)16-5-3-9-23-16/h3,5-7,9-10,15H,2,4,8,11H2,1H3/t15-/m1/s1. The van der Waals surface area contributed by atoms with E-state index in [4.69, 9.17) is 0 Å². The first kappa shape index (κ1) is 14.6. The lowest BCUT2D eigenvalue weighted by molar-refractivity contribution is -0.114. The first-order valence-electron chi connectivity index (χ1n) is 7.89. The van der Waals surface area contributed by atoms with Gasteiger partial charge in [-0.25, -0.2) is 0 Å². The second-order valence-electron chi connectivity index (χ2n) is 6.21. The lowest BCUT2D eigenvalue weighted by atomic mass is 10.1. The SMILES string of the molecule is Cc1ccc2c(c1)C(=O)C(=O)N2CN1CCC[C@@H]1c1cccs1. The van der Waals surface area contributed by atoms with Gasteiger partial charge in [-0.15, -0.1) is 11.3 Å². The monoisotopic (exact) mass is 326 g/mol.